The van der Waals surface area contributed by atoms with E-state index in [-0.39, 0.29) is 17.5 Å². The predicted molar refractivity (Wildman–Crippen MR) is 95.5 cm³/mol. The highest BCUT2D eigenvalue weighted by atomic mass is 16.6. The van der Waals surface area contributed by atoms with Gasteiger partial charge in [0.05, 0.1) is 11.0 Å². The molecule has 0 aromatic carbocycles. The molecule has 3 rings (SSSR count). The van der Waals surface area contributed by atoms with Gasteiger partial charge in [-0.1, -0.05) is 23.3 Å². The summed E-state index contributed by atoms with van der Waals surface area (Å²) in [7, 11) is 0. The number of esters is 1. The molecular weight excluding hydrogens is 300 g/mol. The summed E-state index contributed by atoms with van der Waals surface area (Å²) >= 11 is 0. The van der Waals surface area contributed by atoms with Gasteiger partial charge >= 0.3 is 5.97 Å². The van der Waals surface area contributed by atoms with Crippen molar-refractivity contribution in [2.24, 2.45) is 11.3 Å². The third kappa shape index (κ3) is 3.61. The minimum absolute atomic E-state index is 0.0514. The average molecular weight is 332 g/mol. The summed E-state index contributed by atoms with van der Waals surface area (Å²) in [6, 6.07) is 0. The molecule has 1 aliphatic heterocycles. The van der Waals surface area contributed by atoms with E-state index < -0.39 is 5.60 Å². The molecule has 1 N–H and O–H groups in total. The van der Waals surface area contributed by atoms with E-state index in [0.717, 1.165) is 51.4 Å². The van der Waals surface area contributed by atoms with Crippen LogP contribution in [0.5, 0.6) is 0 Å². The number of aliphatic hydroxyl groups is 1. The van der Waals surface area contributed by atoms with Crippen LogP contribution in [0.15, 0.2) is 23.3 Å². The molecule has 24 heavy (non-hydrogen) atoms. The summed E-state index contributed by atoms with van der Waals surface area (Å²) in [5, 5.41) is 10.9. The molecule has 1 spiro atoms. The van der Waals surface area contributed by atoms with Gasteiger partial charge in [0.2, 0.25) is 0 Å². The minimum atomic E-state index is -0.934. The number of allylic oxidation sites excluding steroid dienone is 4. The van der Waals surface area contributed by atoms with Crippen molar-refractivity contribution in [3.63, 3.8) is 0 Å². The fourth-order valence-corrected chi connectivity index (χ4v) is 4.39. The van der Waals surface area contributed by atoms with Crippen molar-refractivity contribution in [3.05, 3.63) is 23.3 Å². The standard InChI is InChI=1S/C21H32O3/c1-15-6-4-7-16(2)9-10-17-14-18(20(3,23)11-5-8-15)24-19(22)21(17)12-13-21/h7-8,17-18,23H,4-6,9-14H2,1-3H3/b15-8+,16-7+/t17-,18+,20+/m0/s1. The van der Waals surface area contributed by atoms with Gasteiger partial charge in [-0.3, -0.25) is 4.79 Å². The Morgan fingerprint density at radius 3 is 2.46 bits per heavy atom. The first-order chi connectivity index (χ1) is 11.3. The molecule has 1 heterocycles. The van der Waals surface area contributed by atoms with E-state index >= 15 is 0 Å². The predicted octanol–water partition coefficient (Wildman–Crippen LogP) is 4.70. The monoisotopic (exact) mass is 332 g/mol. The van der Waals surface area contributed by atoms with Crippen LogP contribution in [0.25, 0.3) is 0 Å². The third-order valence-electron chi connectivity index (χ3n) is 6.48. The lowest BCUT2D eigenvalue weighted by Crippen LogP contribution is -2.50. The molecule has 1 saturated carbocycles. The summed E-state index contributed by atoms with van der Waals surface area (Å²) < 4.78 is 5.74. The van der Waals surface area contributed by atoms with Crippen molar-refractivity contribution in [3.8, 4) is 0 Å². The Morgan fingerprint density at radius 2 is 1.75 bits per heavy atom. The molecule has 1 saturated heterocycles. The Labute approximate surface area is 146 Å². The molecule has 3 atom stereocenters. The van der Waals surface area contributed by atoms with Crippen LogP contribution in [0.4, 0.5) is 0 Å². The number of hydrogen-bond acceptors (Lipinski definition) is 3. The van der Waals surface area contributed by atoms with E-state index in [1.807, 2.05) is 6.92 Å². The van der Waals surface area contributed by atoms with Gasteiger partial charge in [-0.15, -0.1) is 0 Å². The summed E-state index contributed by atoms with van der Waals surface area (Å²) in [6.45, 7) is 6.21. The van der Waals surface area contributed by atoms with Gasteiger partial charge in [-0.25, -0.2) is 0 Å². The zero-order valence-electron chi connectivity index (χ0n) is 15.4. The fourth-order valence-electron chi connectivity index (χ4n) is 4.39. The summed E-state index contributed by atoms with van der Waals surface area (Å²) in [5.74, 6) is 0.309. The van der Waals surface area contributed by atoms with Crippen LogP contribution in [-0.2, 0) is 9.53 Å². The van der Waals surface area contributed by atoms with Crippen LogP contribution >= 0.6 is 0 Å². The average Bonchev–Trinajstić information content (AvgIpc) is 3.29. The van der Waals surface area contributed by atoms with Gasteiger partial charge in [0.15, 0.2) is 0 Å². The first-order valence-electron chi connectivity index (χ1n) is 9.58. The summed E-state index contributed by atoms with van der Waals surface area (Å²) in [6.07, 6.45) is 12.7. The van der Waals surface area contributed by atoms with Crippen molar-refractivity contribution >= 4 is 5.97 Å². The second kappa shape index (κ2) is 6.67. The van der Waals surface area contributed by atoms with Gasteiger partial charge in [-0.05, 0) is 84.5 Å². The normalized spacial score (nSPS) is 41.4. The molecule has 2 aliphatic carbocycles. The molecule has 2 fully saturated rings. The fraction of sp³-hybridized carbons (Fsp3) is 0.762. The Morgan fingerprint density at radius 1 is 1.08 bits per heavy atom. The van der Waals surface area contributed by atoms with Crippen molar-refractivity contribution in [2.45, 2.75) is 90.3 Å². The number of carbonyl (C=O) groups is 1. The van der Waals surface area contributed by atoms with E-state index in [1.54, 1.807) is 0 Å². The van der Waals surface area contributed by atoms with Crippen LogP contribution in [0, 0.1) is 11.3 Å². The summed E-state index contributed by atoms with van der Waals surface area (Å²) in [5.41, 5.74) is 1.65. The number of hydrogen-bond donors (Lipinski definition) is 1. The minimum Gasteiger partial charge on any atom is -0.459 e. The topological polar surface area (TPSA) is 46.5 Å². The van der Waals surface area contributed by atoms with E-state index in [2.05, 4.69) is 26.0 Å². The summed E-state index contributed by atoms with van der Waals surface area (Å²) in [4.78, 5) is 12.6. The van der Waals surface area contributed by atoms with Crippen molar-refractivity contribution < 1.29 is 14.6 Å². The van der Waals surface area contributed by atoms with Crippen molar-refractivity contribution in [1.82, 2.24) is 0 Å². The molecule has 3 nitrogen and oxygen atoms in total. The lowest BCUT2D eigenvalue weighted by atomic mass is 9.74. The zero-order valence-corrected chi connectivity index (χ0v) is 15.4. The zero-order chi connectivity index (χ0) is 17.4. The lowest BCUT2D eigenvalue weighted by Gasteiger charge is -2.42. The molecule has 0 aromatic heterocycles. The van der Waals surface area contributed by atoms with Gasteiger partial charge < -0.3 is 9.84 Å². The highest BCUT2D eigenvalue weighted by molar-refractivity contribution is 5.81. The molecular formula is C21H32O3. The number of ether oxygens (including phenoxy) is 1. The lowest BCUT2D eigenvalue weighted by molar-refractivity contribution is -0.188. The first-order valence-corrected chi connectivity index (χ1v) is 9.58. The smallest absolute Gasteiger partial charge is 0.312 e. The maximum Gasteiger partial charge on any atom is 0.312 e. The molecule has 0 radical (unpaired) electrons. The number of fused-ring (bicyclic) bond motifs is 3. The first kappa shape index (κ1) is 17.7. The molecule has 0 aromatic rings. The molecule has 0 amide bonds. The molecule has 3 heteroatoms. The van der Waals surface area contributed by atoms with Crippen LogP contribution in [0.1, 0.15) is 78.6 Å². The molecule has 3 aliphatic rings. The Bertz CT molecular complexity index is 551. The highest BCUT2D eigenvalue weighted by Gasteiger charge is 2.61. The Balaban J connectivity index is 1.82. The number of carbonyl (C=O) groups excluding carboxylic acids is 1. The second-order valence-corrected chi connectivity index (χ2v) is 8.56. The maximum atomic E-state index is 12.6. The van der Waals surface area contributed by atoms with E-state index in [0.29, 0.717) is 12.3 Å². The molecule has 2 bridgehead atoms. The maximum absolute atomic E-state index is 12.6. The number of rotatable bonds is 0. The van der Waals surface area contributed by atoms with Gasteiger partial charge in [0.1, 0.15) is 6.10 Å². The van der Waals surface area contributed by atoms with Crippen molar-refractivity contribution in [2.75, 3.05) is 0 Å². The Hall–Kier alpha value is -1.09. The van der Waals surface area contributed by atoms with Crippen molar-refractivity contribution in [1.29, 1.82) is 0 Å². The van der Waals surface area contributed by atoms with Crippen LogP contribution in [-0.4, -0.2) is 22.8 Å². The van der Waals surface area contributed by atoms with Crippen LogP contribution in [0.2, 0.25) is 0 Å². The third-order valence-corrected chi connectivity index (χ3v) is 6.48. The van der Waals surface area contributed by atoms with E-state index in [9.17, 15) is 9.90 Å². The molecule has 0 unspecified atom stereocenters. The highest BCUT2D eigenvalue weighted by Crippen LogP contribution is 2.59. The van der Waals surface area contributed by atoms with Gasteiger partial charge in [0.25, 0.3) is 0 Å². The largest absolute Gasteiger partial charge is 0.459 e. The molecule has 134 valence electrons. The Kier molecular flexibility index (Phi) is 4.92. The van der Waals surface area contributed by atoms with E-state index in [1.165, 1.54) is 11.1 Å². The quantitative estimate of drug-likeness (QED) is 0.517. The van der Waals surface area contributed by atoms with E-state index in [4.69, 9.17) is 4.74 Å². The van der Waals surface area contributed by atoms with Crippen LogP contribution < -0.4 is 0 Å². The van der Waals surface area contributed by atoms with Gasteiger partial charge in [-0.2, -0.15) is 0 Å². The SMILES string of the molecule is C/C1=C\CC[C@@](C)(O)[C@H]2C[C@H](CC/C(C)=C/CC1)C1(CC1)C(=O)O2. The van der Waals surface area contributed by atoms with Gasteiger partial charge in [0, 0.05) is 0 Å². The second-order valence-electron chi connectivity index (χ2n) is 8.56. The van der Waals surface area contributed by atoms with Crippen LogP contribution in [0.3, 0.4) is 0 Å².